The van der Waals surface area contributed by atoms with Gasteiger partial charge >= 0.3 is 0 Å². The summed E-state index contributed by atoms with van der Waals surface area (Å²) in [6.45, 7) is 9.39. The molecule has 0 aromatic heterocycles. The Morgan fingerprint density at radius 2 is 1.72 bits per heavy atom. The third-order valence-electron chi connectivity index (χ3n) is 6.38. The summed E-state index contributed by atoms with van der Waals surface area (Å²) in [6, 6.07) is 14.7. The minimum Gasteiger partial charge on any atom is -0.507 e. The lowest BCUT2D eigenvalue weighted by Crippen LogP contribution is -2.36. The fourth-order valence-corrected chi connectivity index (χ4v) is 4.45. The topological polar surface area (TPSA) is 66.8 Å². The molecule has 0 aliphatic carbocycles. The zero-order chi connectivity index (χ0) is 23.0. The SMILES string of the molecule is Cc1ccc(/C(O)=C2/C(=O)C(=O)N(CC3CCCO3)C2c2ccc(C(C)(C)C)cc2)cc1. The van der Waals surface area contributed by atoms with Crippen molar-refractivity contribution in [3.8, 4) is 0 Å². The molecule has 32 heavy (non-hydrogen) atoms. The normalized spacial score (nSPS) is 23.2. The standard InChI is InChI=1S/C27H31NO4/c1-17-7-9-19(10-8-17)24(29)22-23(18-11-13-20(14-12-18)27(2,3)4)28(26(31)25(22)30)16-21-6-5-15-32-21/h7-14,21,23,29H,5-6,15-16H2,1-4H3/b24-22-. The second-order valence-electron chi connectivity index (χ2n) is 9.82. The second kappa shape index (κ2) is 8.55. The van der Waals surface area contributed by atoms with E-state index in [0.29, 0.717) is 18.7 Å². The quantitative estimate of drug-likeness (QED) is 0.423. The fourth-order valence-electron chi connectivity index (χ4n) is 4.45. The predicted octanol–water partition coefficient (Wildman–Crippen LogP) is 4.89. The van der Waals surface area contributed by atoms with Crippen molar-refractivity contribution in [3.05, 3.63) is 76.4 Å². The predicted molar refractivity (Wildman–Crippen MR) is 124 cm³/mol. The Balaban J connectivity index is 1.81. The zero-order valence-corrected chi connectivity index (χ0v) is 19.2. The first-order chi connectivity index (χ1) is 15.2. The summed E-state index contributed by atoms with van der Waals surface area (Å²) in [4.78, 5) is 27.8. The summed E-state index contributed by atoms with van der Waals surface area (Å²) >= 11 is 0. The first-order valence-corrected chi connectivity index (χ1v) is 11.2. The molecule has 0 saturated carbocycles. The highest BCUT2D eigenvalue weighted by Gasteiger charge is 2.47. The van der Waals surface area contributed by atoms with E-state index in [9.17, 15) is 14.7 Å². The average molecular weight is 434 g/mol. The van der Waals surface area contributed by atoms with Gasteiger partial charge in [0, 0.05) is 18.7 Å². The maximum absolute atomic E-state index is 13.1. The monoisotopic (exact) mass is 433 g/mol. The second-order valence-corrected chi connectivity index (χ2v) is 9.82. The number of carbonyl (C=O) groups is 2. The molecule has 5 nitrogen and oxygen atoms in total. The molecule has 2 aliphatic rings. The lowest BCUT2D eigenvalue weighted by molar-refractivity contribution is -0.140. The third-order valence-corrected chi connectivity index (χ3v) is 6.38. The van der Waals surface area contributed by atoms with Gasteiger partial charge in [0.05, 0.1) is 17.7 Å². The summed E-state index contributed by atoms with van der Waals surface area (Å²) < 4.78 is 5.76. The third kappa shape index (κ3) is 4.22. The van der Waals surface area contributed by atoms with Crippen LogP contribution in [0.5, 0.6) is 0 Å². The molecule has 2 aromatic carbocycles. The molecular weight excluding hydrogens is 402 g/mol. The van der Waals surface area contributed by atoms with E-state index in [1.807, 2.05) is 43.3 Å². The van der Waals surface area contributed by atoms with Gasteiger partial charge in [0.15, 0.2) is 0 Å². The van der Waals surface area contributed by atoms with E-state index in [1.165, 1.54) is 0 Å². The van der Waals surface area contributed by atoms with Crippen molar-refractivity contribution < 1.29 is 19.4 Å². The summed E-state index contributed by atoms with van der Waals surface area (Å²) in [6.07, 6.45) is 1.71. The Morgan fingerprint density at radius 1 is 1.06 bits per heavy atom. The van der Waals surface area contributed by atoms with Crippen molar-refractivity contribution in [1.29, 1.82) is 0 Å². The van der Waals surface area contributed by atoms with Crippen molar-refractivity contribution >= 4 is 17.4 Å². The number of likely N-dealkylation sites (tertiary alicyclic amines) is 1. The van der Waals surface area contributed by atoms with Crippen molar-refractivity contribution in [3.63, 3.8) is 0 Å². The molecule has 2 aliphatic heterocycles. The van der Waals surface area contributed by atoms with Crippen LogP contribution in [-0.2, 0) is 19.7 Å². The van der Waals surface area contributed by atoms with Crippen LogP contribution in [0.4, 0.5) is 0 Å². The van der Waals surface area contributed by atoms with Gasteiger partial charge in [0.2, 0.25) is 0 Å². The molecule has 168 valence electrons. The molecule has 2 saturated heterocycles. The number of aliphatic hydroxyl groups is 1. The molecule has 1 N–H and O–H groups in total. The zero-order valence-electron chi connectivity index (χ0n) is 19.2. The molecule has 2 aromatic rings. The molecule has 1 amide bonds. The van der Waals surface area contributed by atoms with Crippen molar-refractivity contribution in [2.75, 3.05) is 13.2 Å². The van der Waals surface area contributed by atoms with Gasteiger partial charge in [-0.3, -0.25) is 9.59 Å². The summed E-state index contributed by atoms with van der Waals surface area (Å²) in [5, 5.41) is 11.1. The van der Waals surface area contributed by atoms with E-state index >= 15 is 0 Å². The Bertz CT molecular complexity index is 1040. The Morgan fingerprint density at radius 3 is 2.28 bits per heavy atom. The minimum absolute atomic E-state index is 0.0140. The molecule has 2 unspecified atom stereocenters. The van der Waals surface area contributed by atoms with E-state index in [2.05, 4.69) is 20.8 Å². The maximum atomic E-state index is 13.1. The summed E-state index contributed by atoms with van der Waals surface area (Å²) in [5.41, 5.74) is 3.68. The lowest BCUT2D eigenvalue weighted by Gasteiger charge is -2.28. The number of aliphatic hydroxyl groups excluding tert-OH is 1. The highest BCUT2D eigenvalue weighted by atomic mass is 16.5. The summed E-state index contributed by atoms with van der Waals surface area (Å²) in [7, 11) is 0. The van der Waals surface area contributed by atoms with Crippen molar-refractivity contribution in [1.82, 2.24) is 4.90 Å². The molecule has 2 heterocycles. The minimum atomic E-state index is -0.647. The van der Waals surface area contributed by atoms with Crippen LogP contribution in [0.1, 0.15) is 61.9 Å². The van der Waals surface area contributed by atoms with Crippen molar-refractivity contribution in [2.45, 2.75) is 58.1 Å². The Kier molecular flexibility index (Phi) is 5.95. The van der Waals surface area contributed by atoms with E-state index in [4.69, 9.17) is 4.74 Å². The number of hydrogen-bond acceptors (Lipinski definition) is 4. The van der Waals surface area contributed by atoms with E-state index in [0.717, 1.165) is 29.5 Å². The molecule has 4 rings (SSSR count). The number of carbonyl (C=O) groups excluding carboxylic acids is 2. The fraction of sp³-hybridized carbons (Fsp3) is 0.407. The van der Waals surface area contributed by atoms with Crippen LogP contribution in [0.25, 0.3) is 5.76 Å². The van der Waals surface area contributed by atoms with Crippen LogP contribution >= 0.6 is 0 Å². The molecule has 2 fully saturated rings. The maximum Gasteiger partial charge on any atom is 0.295 e. The highest BCUT2D eigenvalue weighted by molar-refractivity contribution is 6.46. The van der Waals surface area contributed by atoms with Gasteiger partial charge < -0.3 is 14.7 Å². The molecule has 0 bridgehead atoms. The van der Waals surface area contributed by atoms with Crippen LogP contribution < -0.4 is 0 Å². The molecule has 5 heteroatoms. The number of hydrogen-bond donors (Lipinski definition) is 1. The number of nitrogens with zero attached hydrogens (tertiary/aromatic N) is 1. The number of ketones is 1. The number of Topliss-reactive ketones (excluding diaryl/α,β-unsaturated/α-hetero) is 1. The Hall–Kier alpha value is -2.92. The van der Waals surface area contributed by atoms with E-state index < -0.39 is 17.7 Å². The first-order valence-electron chi connectivity index (χ1n) is 11.2. The van der Waals surface area contributed by atoms with Crippen molar-refractivity contribution in [2.24, 2.45) is 0 Å². The number of rotatable bonds is 4. The van der Waals surface area contributed by atoms with Gasteiger partial charge in [-0.25, -0.2) is 0 Å². The van der Waals surface area contributed by atoms with Crippen LogP contribution in [0.3, 0.4) is 0 Å². The molecule has 0 spiro atoms. The van der Waals surface area contributed by atoms with Crippen LogP contribution in [0, 0.1) is 6.92 Å². The Labute approximate surface area is 189 Å². The smallest absolute Gasteiger partial charge is 0.295 e. The average Bonchev–Trinajstić information content (AvgIpc) is 3.36. The summed E-state index contributed by atoms with van der Waals surface area (Å²) in [5.74, 6) is -1.37. The van der Waals surface area contributed by atoms with E-state index in [-0.39, 0.29) is 22.9 Å². The molecule has 0 radical (unpaired) electrons. The van der Waals surface area contributed by atoms with Crippen LogP contribution in [-0.4, -0.2) is 41.0 Å². The first kappa shape index (κ1) is 22.3. The molecular formula is C27H31NO4. The largest absolute Gasteiger partial charge is 0.507 e. The molecule has 2 atom stereocenters. The van der Waals surface area contributed by atoms with Gasteiger partial charge in [-0.05, 0) is 36.3 Å². The lowest BCUT2D eigenvalue weighted by atomic mass is 9.85. The van der Waals surface area contributed by atoms with Crippen LogP contribution in [0.15, 0.2) is 54.1 Å². The highest BCUT2D eigenvalue weighted by Crippen LogP contribution is 2.40. The van der Waals surface area contributed by atoms with Gasteiger partial charge in [0.25, 0.3) is 11.7 Å². The van der Waals surface area contributed by atoms with Gasteiger partial charge in [-0.2, -0.15) is 0 Å². The van der Waals surface area contributed by atoms with Gasteiger partial charge in [-0.15, -0.1) is 0 Å². The van der Waals surface area contributed by atoms with Gasteiger partial charge in [-0.1, -0.05) is 74.9 Å². The van der Waals surface area contributed by atoms with Crippen LogP contribution in [0.2, 0.25) is 0 Å². The van der Waals surface area contributed by atoms with Gasteiger partial charge in [0.1, 0.15) is 5.76 Å². The number of ether oxygens (including phenoxy) is 1. The number of aryl methyl sites for hydroxylation is 1. The number of amides is 1. The van der Waals surface area contributed by atoms with E-state index in [1.54, 1.807) is 17.0 Å². The number of benzene rings is 2.